The molecule has 1 unspecified atom stereocenters. The van der Waals surface area contributed by atoms with Crippen molar-refractivity contribution in [3.8, 4) is 5.75 Å². The highest BCUT2D eigenvalue weighted by Gasteiger charge is 2.09. The number of benzene rings is 1. The highest BCUT2D eigenvalue weighted by atomic mass is 32.1. The van der Waals surface area contributed by atoms with Gasteiger partial charge in [-0.05, 0) is 30.0 Å². The van der Waals surface area contributed by atoms with E-state index in [1.165, 1.54) is 0 Å². The van der Waals surface area contributed by atoms with Gasteiger partial charge < -0.3 is 15.2 Å². The average Bonchev–Trinajstić information content (AvgIpc) is 2.97. The quantitative estimate of drug-likeness (QED) is 0.824. The smallest absolute Gasteiger partial charge is 0.225 e. The molecule has 1 aromatic carbocycles. The van der Waals surface area contributed by atoms with E-state index in [4.69, 9.17) is 4.74 Å². The highest BCUT2D eigenvalue weighted by Crippen LogP contribution is 2.16. The number of hydrogen-bond donors (Lipinski definition) is 2. The van der Waals surface area contributed by atoms with Crippen molar-refractivity contribution in [3.63, 3.8) is 0 Å². The Labute approximate surface area is 128 Å². The van der Waals surface area contributed by atoms with Crippen LogP contribution >= 0.6 is 11.3 Å². The third kappa shape index (κ3) is 5.21. The lowest BCUT2D eigenvalue weighted by Crippen LogP contribution is -2.36. The standard InChI is InChI=1S/C16H19NO3S/c1-12-5-2-3-7-15(12)20-11-13(18)10-17-16(19)9-14-6-4-8-21-14/h2-8,13,18H,9-11H2,1H3,(H,17,19). The first-order valence-corrected chi connectivity index (χ1v) is 7.68. The average molecular weight is 305 g/mol. The van der Waals surface area contributed by atoms with Gasteiger partial charge in [0.05, 0.1) is 6.42 Å². The predicted octanol–water partition coefficient (Wildman–Crippen LogP) is 2.16. The van der Waals surface area contributed by atoms with Crippen molar-refractivity contribution >= 4 is 17.2 Å². The van der Waals surface area contributed by atoms with Crippen LogP contribution in [0, 0.1) is 6.92 Å². The molecule has 0 saturated carbocycles. The molecule has 0 aliphatic heterocycles. The van der Waals surface area contributed by atoms with Crippen LogP contribution < -0.4 is 10.1 Å². The van der Waals surface area contributed by atoms with E-state index in [1.807, 2.05) is 48.7 Å². The van der Waals surface area contributed by atoms with Gasteiger partial charge in [-0.15, -0.1) is 11.3 Å². The van der Waals surface area contributed by atoms with E-state index in [0.717, 1.165) is 16.2 Å². The topological polar surface area (TPSA) is 58.6 Å². The first kappa shape index (κ1) is 15.5. The van der Waals surface area contributed by atoms with Crippen LogP contribution in [-0.4, -0.2) is 30.3 Å². The summed E-state index contributed by atoms with van der Waals surface area (Å²) in [4.78, 5) is 12.7. The molecule has 0 aliphatic rings. The Balaban J connectivity index is 1.69. The number of aryl methyl sites for hydroxylation is 1. The van der Waals surface area contributed by atoms with Gasteiger partial charge in [0.2, 0.25) is 5.91 Å². The lowest BCUT2D eigenvalue weighted by molar-refractivity contribution is -0.120. The number of rotatable bonds is 7. The van der Waals surface area contributed by atoms with E-state index in [9.17, 15) is 9.90 Å². The Hall–Kier alpha value is -1.85. The summed E-state index contributed by atoms with van der Waals surface area (Å²) in [5.41, 5.74) is 1.02. The van der Waals surface area contributed by atoms with Crippen molar-refractivity contribution in [3.05, 3.63) is 52.2 Å². The van der Waals surface area contributed by atoms with E-state index in [1.54, 1.807) is 11.3 Å². The van der Waals surface area contributed by atoms with Crippen LogP contribution in [0.2, 0.25) is 0 Å². The number of nitrogens with one attached hydrogen (secondary N) is 1. The summed E-state index contributed by atoms with van der Waals surface area (Å²) in [7, 11) is 0. The van der Waals surface area contributed by atoms with Crippen LogP contribution in [0.25, 0.3) is 0 Å². The summed E-state index contributed by atoms with van der Waals surface area (Å²) in [6.45, 7) is 2.30. The van der Waals surface area contributed by atoms with Gasteiger partial charge >= 0.3 is 0 Å². The van der Waals surface area contributed by atoms with Gasteiger partial charge in [-0.1, -0.05) is 24.3 Å². The molecule has 21 heavy (non-hydrogen) atoms. The summed E-state index contributed by atoms with van der Waals surface area (Å²) >= 11 is 1.55. The second kappa shape index (κ2) is 7.81. The van der Waals surface area contributed by atoms with E-state index in [0.29, 0.717) is 6.42 Å². The molecular weight excluding hydrogens is 286 g/mol. The summed E-state index contributed by atoms with van der Waals surface area (Å²) < 4.78 is 5.54. The molecule has 1 atom stereocenters. The lowest BCUT2D eigenvalue weighted by atomic mass is 10.2. The normalized spacial score (nSPS) is 11.9. The summed E-state index contributed by atoms with van der Waals surface area (Å²) in [5, 5.41) is 14.5. The highest BCUT2D eigenvalue weighted by molar-refractivity contribution is 7.10. The molecule has 0 radical (unpaired) electrons. The molecule has 0 bridgehead atoms. The van der Waals surface area contributed by atoms with E-state index < -0.39 is 6.10 Å². The molecule has 2 N–H and O–H groups in total. The van der Waals surface area contributed by atoms with Gasteiger partial charge in [-0.25, -0.2) is 0 Å². The van der Waals surface area contributed by atoms with Crippen molar-refractivity contribution in [2.75, 3.05) is 13.2 Å². The van der Waals surface area contributed by atoms with Crippen LogP contribution in [0.3, 0.4) is 0 Å². The zero-order valence-corrected chi connectivity index (χ0v) is 12.7. The predicted molar refractivity (Wildman–Crippen MR) is 83.7 cm³/mol. The maximum absolute atomic E-state index is 11.7. The van der Waals surface area contributed by atoms with Crippen molar-refractivity contribution < 1.29 is 14.6 Å². The van der Waals surface area contributed by atoms with Gasteiger partial charge in [-0.2, -0.15) is 0 Å². The number of amides is 1. The number of thiophene rings is 1. The van der Waals surface area contributed by atoms with Gasteiger partial charge in [0, 0.05) is 11.4 Å². The SMILES string of the molecule is Cc1ccccc1OCC(O)CNC(=O)Cc1cccs1. The van der Waals surface area contributed by atoms with E-state index in [-0.39, 0.29) is 19.1 Å². The Bertz CT molecular complexity index is 569. The molecule has 1 amide bonds. The molecule has 0 aliphatic carbocycles. The third-order valence-corrected chi connectivity index (χ3v) is 3.85. The summed E-state index contributed by atoms with van der Waals surface area (Å²) in [5.74, 6) is 0.661. The molecule has 112 valence electrons. The molecule has 4 nitrogen and oxygen atoms in total. The number of aliphatic hydroxyl groups excluding tert-OH is 1. The molecule has 5 heteroatoms. The van der Waals surface area contributed by atoms with Crippen molar-refractivity contribution in [2.45, 2.75) is 19.4 Å². The number of carbonyl (C=O) groups excluding carboxylic acids is 1. The van der Waals surface area contributed by atoms with E-state index >= 15 is 0 Å². The zero-order valence-electron chi connectivity index (χ0n) is 11.9. The molecule has 0 spiro atoms. The molecule has 1 aromatic heterocycles. The minimum Gasteiger partial charge on any atom is -0.491 e. The second-order valence-corrected chi connectivity index (χ2v) is 5.82. The van der Waals surface area contributed by atoms with Gasteiger partial charge in [-0.3, -0.25) is 4.79 Å². The third-order valence-electron chi connectivity index (χ3n) is 2.97. The maximum atomic E-state index is 11.7. The number of aliphatic hydroxyl groups is 1. The Kier molecular flexibility index (Phi) is 5.78. The number of ether oxygens (including phenoxy) is 1. The molecular formula is C16H19NO3S. The monoisotopic (exact) mass is 305 g/mol. The minimum atomic E-state index is -0.725. The van der Waals surface area contributed by atoms with Crippen LogP contribution in [0.4, 0.5) is 0 Å². The fraction of sp³-hybridized carbons (Fsp3) is 0.312. The number of carbonyl (C=O) groups is 1. The molecule has 2 rings (SSSR count). The van der Waals surface area contributed by atoms with Gasteiger partial charge in [0.1, 0.15) is 18.5 Å². The molecule has 2 aromatic rings. The van der Waals surface area contributed by atoms with Crippen LogP contribution in [0.1, 0.15) is 10.4 Å². The first-order valence-electron chi connectivity index (χ1n) is 6.80. The van der Waals surface area contributed by atoms with Crippen molar-refractivity contribution in [2.24, 2.45) is 0 Å². The van der Waals surface area contributed by atoms with Crippen LogP contribution in [0.15, 0.2) is 41.8 Å². The van der Waals surface area contributed by atoms with Gasteiger partial charge in [0.15, 0.2) is 0 Å². The summed E-state index contributed by atoms with van der Waals surface area (Å²) in [6.07, 6.45) is -0.375. The zero-order chi connectivity index (χ0) is 15.1. The molecule has 0 fully saturated rings. The molecule has 0 saturated heterocycles. The molecule has 1 heterocycles. The maximum Gasteiger partial charge on any atom is 0.225 e. The van der Waals surface area contributed by atoms with Crippen LogP contribution in [-0.2, 0) is 11.2 Å². The Morgan fingerprint density at radius 2 is 2.14 bits per heavy atom. The van der Waals surface area contributed by atoms with Crippen LogP contribution in [0.5, 0.6) is 5.75 Å². The van der Waals surface area contributed by atoms with E-state index in [2.05, 4.69) is 5.32 Å². The summed E-state index contributed by atoms with van der Waals surface area (Å²) in [6, 6.07) is 11.5. The minimum absolute atomic E-state index is 0.0904. The second-order valence-electron chi connectivity index (χ2n) is 4.79. The largest absolute Gasteiger partial charge is 0.491 e. The number of hydrogen-bond acceptors (Lipinski definition) is 4. The lowest BCUT2D eigenvalue weighted by Gasteiger charge is -2.14. The first-order chi connectivity index (χ1) is 10.1. The van der Waals surface area contributed by atoms with Gasteiger partial charge in [0.25, 0.3) is 0 Å². The number of para-hydroxylation sites is 1. The fourth-order valence-electron chi connectivity index (χ4n) is 1.83. The fourth-order valence-corrected chi connectivity index (χ4v) is 2.53. The van der Waals surface area contributed by atoms with Crippen molar-refractivity contribution in [1.82, 2.24) is 5.32 Å². The van der Waals surface area contributed by atoms with Crippen molar-refractivity contribution in [1.29, 1.82) is 0 Å². The Morgan fingerprint density at radius 3 is 2.86 bits per heavy atom. The Morgan fingerprint density at radius 1 is 1.33 bits per heavy atom.